The van der Waals surface area contributed by atoms with Crippen molar-refractivity contribution in [1.82, 2.24) is 29.3 Å². The Morgan fingerprint density at radius 1 is 1.22 bits per heavy atom. The molecule has 1 unspecified atom stereocenters. The number of nitrogen functional groups attached to an aromatic ring is 1. The van der Waals surface area contributed by atoms with E-state index in [1.54, 1.807) is 19.3 Å². The van der Waals surface area contributed by atoms with Crippen molar-refractivity contribution in [2.45, 2.75) is 32.6 Å². The number of rotatable bonds is 4. The third-order valence-corrected chi connectivity index (χ3v) is 5.64. The van der Waals surface area contributed by atoms with Crippen molar-refractivity contribution in [3.05, 3.63) is 59.7 Å². The highest BCUT2D eigenvalue weighted by atomic mass is 19.1. The number of imidazole rings is 1. The Morgan fingerprint density at radius 2 is 2.03 bits per heavy atom. The Balaban J connectivity index is 1.65. The van der Waals surface area contributed by atoms with E-state index in [4.69, 9.17) is 10.7 Å². The van der Waals surface area contributed by atoms with Gasteiger partial charge in [0.15, 0.2) is 11.5 Å². The zero-order chi connectivity index (χ0) is 22.6. The van der Waals surface area contributed by atoms with E-state index >= 15 is 0 Å². The topological polar surface area (TPSA) is 124 Å². The van der Waals surface area contributed by atoms with Gasteiger partial charge < -0.3 is 15.5 Å². The number of carbonyl (C=O) groups excluding carboxylic acids is 1. The number of pyridine rings is 1. The summed E-state index contributed by atoms with van der Waals surface area (Å²) in [6.45, 7) is 5.89. The first-order valence-electron chi connectivity index (χ1n) is 10.2. The number of hydrogen-bond acceptors (Lipinski definition) is 7. The molecular formula is C22H21FN8O. The monoisotopic (exact) mass is 432 g/mol. The van der Waals surface area contributed by atoms with E-state index in [0.717, 1.165) is 24.0 Å². The molecular weight excluding hydrogens is 411 g/mol. The number of fused-ring (bicyclic) bond motifs is 2. The van der Waals surface area contributed by atoms with Crippen LogP contribution in [0.15, 0.2) is 36.9 Å². The molecule has 9 nitrogen and oxygen atoms in total. The van der Waals surface area contributed by atoms with Gasteiger partial charge in [-0.05, 0) is 31.4 Å². The lowest BCUT2D eigenvalue weighted by Gasteiger charge is -2.22. The van der Waals surface area contributed by atoms with Crippen LogP contribution in [-0.2, 0) is 16.6 Å². The number of amides is 1. The molecule has 10 heteroatoms. The summed E-state index contributed by atoms with van der Waals surface area (Å²) < 4.78 is 15.3. The first-order valence-corrected chi connectivity index (χ1v) is 10.2. The minimum Gasteiger partial charge on any atom is -0.383 e. The van der Waals surface area contributed by atoms with Gasteiger partial charge in [0.25, 0.3) is 0 Å². The highest BCUT2D eigenvalue weighted by Crippen LogP contribution is 2.44. The second-order valence-electron chi connectivity index (χ2n) is 8.43. The summed E-state index contributed by atoms with van der Waals surface area (Å²) in [6, 6.07) is 2.72. The van der Waals surface area contributed by atoms with Crippen molar-refractivity contribution in [2.24, 2.45) is 5.92 Å². The Bertz CT molecular complexity index is 1360. The standard InChI is InChI=1S/C22H21FN8O/c1-11(2)8-13-20-25-6-7-31(20)10-14(27-13)18-28-17(24)16-19(29-18)30-21(32)22(16,3)15-5-4-12(23)9-26-15/h4-7,9-11H,8H2,1-3H3,(H3,24,28,29,30,32). The summed E-state index contributed by atoms with van der Waals surface area (Å²) in [7, 11) is 0. The number of nitrogens with one attached hydrogen (secondary N) is 1. The Hall–Kier alpha value is -3.95. The summed E-state index contributed by atoms with van der Waals surface area (Å²) in [5, 5.41) is 2.78. The summed E-state index contributed by atoms with van der Waals surface area (Å²) in [6.07, 6.45) is 7.13. The quantitative estimate of drug-likeness (QED) is 0.508. The molecule has 5 rings (SSSR count). The van der Waals surface area contributed by atoms with Gasteiger partial charge in [-0.1, -0.05) is 13.8 Å². The number of nitrogens with two attached hydrogens (primary N) is 1. The molecule has 5 heterocycles. The van der Waals surface area contributed by atoms with Gasteiger partial charge >= 0.3 is 0 Å². The van der Waals surface area contributed by atoms with Crippen LogP contribution in [0.4, 0.5) is 16.0 Å². The normalized spacial score (nSPS) is 17.7. The van der Waals surface area contributed by atoms with Gasteiger partial charge in [0.05, 0.1) is 23.1 Å². The average Bonchev–Trinajstić information content (AvgIpc) is 3.31. The molecule has 0 saturated heterocycles. The predicted octanol–water partition coefficient (Wildman–Crippen LogP) is 2.76. The first-order chi connectivity index (χ1) is 15.3. The van der Waals surface area contributed by atoms with Gasteiger partial charge in [-0.15, -0.1) is 0 Å². The van der Waals surface area contributed by atoms with Crippen LogP contribution in [-0.4, -0.2) is 35.2 Å². The summed E-state index contributed by atoms with van der Waals surface area (Å²) in [5.74, 6) is 0.252. The first kappa shape index (κ1) is 20.0. The summed E-state index contributed by atoms with van der Waals surface area (Å²) in [4.78, 5) is 35.2. The fourth-order valence-electron chi connectivity index (χ4n) is 4.07. The number of anilines is 2. The van der Waals surface area contributed by atoms with Crippen LogP contribution >= 0.6 is 0 Å². The maximum atomic E-state index is 13.4. The van der Waals surface area contributed by atoms with E-state index in [0.29, 0.717) is 34.5 Å². The molecule has 4 aromatic rings. The second kappa shape index (κ2) is 7.04. The molecule has 0 aromatic carbocycles. The van der Waals surface area contributed by atoms with Crippen molar-refractivity contribution in [3.63, 3.8) is 0 Å². The van der Waals surface area contributed by atoms with Gasteiger partial charge in [-0.25, -0.2) is 24.3 Å². The van der Waals surface area contributed by atoms with Crippen LogP contribution in [0.1, 0.15) is 37.7 Å². The van der Waals surface area contributed by atoms with Gasteiger partial charge in [0.2, 0.25) is 5.91 Å². The van der Waals surface area contributed by atoms with E-state index in [1.807, 2.05) is 10.6 Å². The van der Waals surface area contributed by atoms with Crippen LogP contribution in [0.5, 0.6) is 0 Å². The third kappa shape index (κ3) is 2.98. The molecule has 32 heavy (non-hydrogen) atoms. The van der Waals surface area contributed by atoms with Crippen LogP contribution in [0.25, 0.3) is 17.2 Å². The van der Waals surface area contributed by atoms with Crippen LogP contribution in [0, 0.1) is 11.7 Å². The molecule has 1 aliphatic heterocycles. The van der Waals surface area contributed by atoms with Crippen molar-refractivity contribution in [1.29, 1.82) is 0 Å². The molecule has 0 saturated carbocycles. The molecule has 0 spiro atoms. The molecule has 0 aliphatic carbocycles. The molecule has 1 amide bonds. The lowest BCUT2D eigenvalue weighted by molar-refractivity contribution is -0.119. The minimum atomic E-state index is -1.24. The second-order valence-corrected chi connectivity index (χ2v) is 8.43. The molecule has 3 N–H and O–H groups in total. The molecule has 0 fully saturated rings. The zero-order valence-corrected chi connectivity index (χ0v) is 17.8. The van der Waals surface area contributed by atoms with Crippen molar-refractivity contribution in [3.8, 4) is 11.5 Å². The SMILES string of the molecule is CC(C)Cc1nc(-c2nc(N)c3c(n2)NC(=O)C3(C)c2ccc(F)cn2)cn2ccnc12. The van der Waals surface area contributed by atoms with E-state index in [9.17, 15) is 9.18 Å². The fraction of sp³-hybridized carbons (Fsp3) is 0.273. The van der Waals surface area contributed by atoms with E-state index in [1.165, 1.54) is 12.1 Å². The molecule has 1 atom stereocenters. The fourth-order valence-corrected chi connectivity index (χ4v) is 4.07. The number of halogens is 1. The van der Waals surface area contributed by atoms with E-state index < -0.39 is 11.2 Å². The molecule has 0 bridgehead atoms. The van der Waals surface area contributed by atoms with Crippen LogP contribution in [0.3, 0.4) is 0 Å². The maximum absolute atomic E-state index is 13.4. The molecule has 162 valence electrons. The third-order valence-electron chi connectivity index (χ3n) is 5.64. The Kier molecular flexibility index (Phi) is 4.40. The van der Waals surface area contributed by atoms with Gasteiger partial charge in [0, 0.05) is 18.6 Å². The van der Waals surface area contributed by atoms with E-state index in [2.05, 4.69) is 39.1 Å². The summed E-state index contributed by atoms with van der Waals surface area (Å²) >= 11 is 0. The van der Waals surface area contributed by atoms with Crippen molar-refractivity contribution < 1.29 is 9.18 Å². The van der Waals surface area contributed by atoms with Gasteiger partial charge in [-0.2, -0.15) is 0 Å². The smallest absolute Gasteiger partial charge is 0.242 e. The molecule has 4 aromatic heterocycles. The lowest BCUT2D eigenvalue weighted by Crippen LogP contribution is -2.34. The zero-order valence-electron chi connectivity index (χ0n) is 17.8. The number of carbonyl (C=O) groups is 1. The molecule has 1 aliphatic rings. The van der Waals surface area contributed by atoms with Crippen LogP contribution in [0.2, 0.25) is 0 Å². The van der Waals surface area contributed by atoms with Crippen LogP contribution < -0.4 is 11.1 Å². The number of hydrogen-bond donors (Lipinski definition) is 2. The van der Waals surface area contributed by atoms with Crippen molar-refractivity contribution >= 4 is 23.2 Å². The van der Waals surface area contributed by atoms with Crippen molar-refractivity contribution in [2.75, 3.05) is 11.1 Å². The predicted molar refractivity (Wildman–Crippen MR) is 116 cm³/mol. The highest BCUT2D eigenvalue weighted by molar-refractivity contribution is 6.08. The van der Waals surface area contributed by atoms with Gasteiger partial charge in [-0.3, -0.25) is 9.78 Å². The Labute approximate surface area is 183 Å². The number of nitrogens with zero attached hydrogens (tertiary/aromatic N) is 6. The minimum absolute atomic E-state index is 0.134. The Morgan fingerprint density at radius 3 is 2.75 bits per heavy atom. The van der Waals surface area contributed by atoms with E-state index in [-0.39, 0.29) is 11.7 Å². The largest absolute Gasteiger partial charge is 0.383 e. The highest BCUT2D eigenvalue weighted by Gasteiger charge is 2.48. The van der Waals surface area contributed by atoms with Gasteiger partial charge in [0.1, 0.15) is 28.6 Å². The lowest BCUT2D eigenvalue weighted by atomic mass is 9.81. The number of aromatic nitrogens is 6. The molecule has 0 radical (unpaired) electrons. The average molecular weight is 432 g/mol. The summed E-state index contributed by atoms with van der Waals surface area (Å²) in [5.41, 5.74) is 7.99. The maximum Gasteiger partial charge on any atom is 0.242 e.